The fraction of sp³-hybridized carbons (Fsp3) is 0.833. The van der Waals surface area contributed by atoms with Gasteiger partial charge in [-0.15, -0.1) is 0 Å². The number of nitrogens with zero attached hydrogens (tertiary/aromatic N) is 2. The fourth-order valence-electron chi connectivity index (χ4n) is 2.78. The average Bonchev–Trinajstić information content (AvgIpc) is 2.71. The third kappa shape index (κ3) is 2.60. The van der Waals surface area contributed by atoms with Crippen LogP contribution in [0, 0.1) is 5.92 Å². The lowest BCUT2D eigenvalue weighted by Crippen LogP contribution is -2.46. The van der Waals surface area contributed by atoms with Crippen LogP contribution in [-0.4, -0.2) is 59.0 Å². The van der Waals surface area contributed by atoms with Crippen LogP contribution < -0.4 is 0 Å². The Morgan fingerprint density at radius 1 is 1.41 bits per heavy atom. The molecule has 1 unspecified atom stereocenters. The summed E-state index contributed by atoms with van der Waals surface area (Å²) in [6, 6.07) is 0.259. The van der Waals surface area contributed by atoms with E-state index >= 15 is 0 Å². The monoisotopic (exact) mass is 240 g/mol. The molecule has 0 spiro atoms. The summed E-state index contributed by atoms with van der Waals surface area (Å²) in [5.41, 5.74) is 0. The second-order valence-corrected chi connectivity index (χ2v) is 5.04. The van der Waals surface area contributed by atoms with Crippen molar-refractivity contribution in [2.75, 3.05) is 26.2 Å². The summed E-state index contributed by atoms with van der Waals surface area (Å²) in [5.74, 6) is 0.378. The molecule has 0 saturated carbocycles. The molecule has 2 aliphatic heterocycles. The molecular formula is C12H20N2O3. The van der Waals surface area contributed by atoms with Gasteiger partial charge in [-0.25, -0.2) is 0 Å². The summed E-state index contributed by atoms with van der Waals surface area (Å²) in [7, 11) is 0. The number of aliphatic hydroxyl groups excluding tert-OH is 1. The van der Waals surface area contributed by atoms with Gasteiger partial charge in [0.05, 0.1) is 0 Å². The van der Waals surface area contributed by atoms with Gasteiger partial charge >= 0.3 is 0 Å². The summed E-state index contributed by atoms with van der Waals surface area (Å²) in [4.78, 5) is 26.7. The van der Waals surface area contributed by atoms with Crippen LogP contribution in [0.5, 0.6) is 0 Å². The van der Waals surface area contributed by atoms with Crippen LogP contribution in [-0.2, 0) is 9.59 Å². The van der Waals surface area contributed by atoms with Gasteiger partial charge in [0.25, 0.3) is 0 Å². The molecule has 0 aromatic carbocycles. The molecule has 0 radical (unpaired) electrons. The Morgan fingerprint density at radius 3 is 2.53 bits per heavy atom. The van der Waals surface area contributed by atoms with Gasteiger partial charge in [0, 0.05) is 51.5 Å². The number of aliphatic hydroxyl groups is 1. The summed E-state index contributed by atoms with van der Waals surface area (Å²) < 4.78 is 0. The summed E-state index contributed by atoms with van der Waals surface area (Å²) in [6.07, 6.45) is 2.20. The SMILES string of the molecule is CC(=O)N1CCC(N2CC(CO)CC2=O)CC1. The van der Waals surface area contributed by atoms with E-state index in [0.717, 1.165) is 25.9 Å². The maximum atomic E-state index is 11.8. The molecule has 0 aromatic rings. The van der Waals surface area contributed by atoms with Gasteiger partial charge in [-0.05, 0) is 12.8 Å². The zero-order valence-corrected chi connectivity index (χ0v) is 10.3. The van der Waals surface area contributed by atoms with Crippen molar-refractivity contribution in [3.8, 4) is 0 Å². The zero-order chi connectivity index (χ0) is 12.4. The first kappa shape index (κ1) is 12.4. The fourth-order valence-corrected chi connectivity index (χ4v) is 2.78. The number of hydrogen-bond acceptors (Lipinski definition) is 3. The molecule has 2 saturated heterocycles. The van der Waals surface area contributed by atoms with Gasteiger partial charge in [0.1, 0.15) is 0 Å². The number of carbonyl (C=O) groups excluding carboxylic acids is 2. The molecule has 0 aromatic heterocycles. The minimum Gasteiger partial charge on any atom is -0.396 e. The average molecular weight is 240 g/mol. The standard InChI is InChI=1S/C12H20N2O3/c1-9(16)13-4-2-11(3-5-13)14-7-10(8-15)6-12(14)17/h10-11,15H,2-8H2,1H3. The first-order valence-corrected chi connectivity index (χ1v) is 6.27. The Labute approximate surface area is 101 Å². The number of hydrogen-bond donors (Lipinski definition) is 1. The van der Waals surface area contributed by atoms with E-state index in [4.69, 9.17) is 5.11 Å². The van der Waals surface area contributed by atoms with Gasteiger partial charge in [-0.3, -0.25) is 9.59 Å². The Balaban J connectivity index is 1.89. The van der Waals surface area contributed by atoms with Crippen molar-refractivity contribution in [1.29, 1.82) is 0 Å². The quantitative estimate of drug-likeness (QED) is 0.729. The minimum atomic E-state index is 0.0918. The van der Waals surface area contributed by atoms with E-state index in [2.05, 4.69) is 0 Å². The molecule has 17 heavy (non-hydrogen) atoms. The van der Waals surface area contributed by atoms with Crippen LogP contribution >= 0.6 is 0 Å². The van der Waals surface area contributed by atoms with E-state index < -0.39 is 0 Å². The summed E-state index contributed by atoms with van der Waals surface area (Å²) in [5, 5.41) is 9.08. The van der Waals surface area contributed by atoms with Crippen molar-refractivity contribution in [3.05, 3.63) is 0 Å². The molecule has 2 fully saturated rings. The third-order valence-electron chi connectivity index (χ3n) is 3.85. The molecule has 1 N–H and O–H groups in total. The van der Waals surface area contributed by atoms with Crippen LogP contribution in [0.3, 0.4) is 0 Å². The smallest absolute Gasteiger partial charge is 0.223 e. The predicted molar refractivity (Wildman–Crippen MR) is 62.2 cm³/mol. The van der Waals surface area contributed by atoms with Crippen molar-refractivity contribution in [2.45, 2.75) is 32.2 Å². The van der Waals surface area contributed by atoms with E-state index in [0.29, 0.717) is 13.0 Å². The predicted octanol–water partition coefficient (Wildman–Crippen LogP) is -0.162. The molecule has 96 valence electrons. The molecule has 5 nitrogen and oxygen atoms in total. The molecular weight excluding hydrogens is 220 g/mol. The lowest BCUT2D eigenvalue weighted by atomic mass is 10.0. The van der Waals surface area contributed by atoms with E-state index in [9.17, 15) is 9.59 Å². The second kappa shape index (κ2) is 5.04. The van der Waals surface area contributed by atoms with Crippen molar-refractivity contribution in [3.63, 3.8) is 0 Å². The molecule has 5 heteroatoms. The van der Waals surface area contributed by atoms with Crippen LogP contribution in [0.4, 0.5) is 0 Å². The van der Waals surface area contributed by atoms with Crippen LogP contribution in [0.2, 0.25) is 0 Å². The Hall–Kier alpha value is -1.10. The second-order valence-electron chi connectivity index (χ2n) is 5.04. The highest BCUT2D eigenvalue weighted by molar-refractivity contribution is 5.79. The van der Waals surface area contributed by atoms with Gasteiger partial charge in [-0.1, -0.05) is 0 Å². The van der Waals surface area contributed by atoms with Crippen LogP contribution in [0.15, 0.2) is 0 Å². The van der Waals surface area contributed by atoms with Crippen molar-refractivity contribution in [1.82, 2.24) is 9.80 Å². The first-order valence-electron chi connectivity index (χ1n) is 6.27. The number of likely N-dealkylation sites (tertiary alicyclic amines) is 2. The maximum absolute atomic E-state index is 11.8. The van der Waals surface area contributed by atoms with E-state index in [1.165, 1.54) is 0 Å². The highest BCUT2D eigenvalue weighted by Crippen LogP contribution is 2.25. The Kier molecular flexibility index (Phi) is 3.66. The van der Waals surface area contributed by atoms with E-state index in [1.807, 2.05) is 9.80 Å². The van der Waals surface area contributed by atoms with Gasteiger partial charge in [-0.2, -0.15) is 0 Å². The number of carbonyl (C=O) groups is 2. The lowest BCUT2D eigenvalue weighted by Gasteiger charge is -2.36. The zero-order valence-electron chi connectivity index (χ0n) is 10.3. The molecule has 0 aliphatic carbocycles. The number of amides is 2. The third-order valence-corrected chi connectivity index (χ3v) is 3.85. The van der Waals surface area contributed by atoms with Crippen LogP contribution in [0.25, 0.3) is 0 Å². The number of rotatable bonds is 2. The van der Waals surface area contributed by atoms with Gasteiger partial charge in [0.2, 0.25) is 11.8 Å². The largest absolute Gasteiger partial charge is 0.396 e. The van der Waals surface area contributed by atoms with E-state index in [1.54, 1.807) is 6.92 Å². The minimum absolute atomic E-state index is 0.0918. The van der Waals surface area contributed by atoms with Crippen molar-refractivity contribution < 1.29 is 14.7 Å². The molecule has 2 aliphatic rings. The molecule has 2 amide bonds. The molecule has 2 heterocycles. The summed E-state index contributed by atoms with van der Waals surface area (Å²) >= 11 is 0. The number of piperidine rings is 1. The molecule has 1 atom stereocenters. The van der Waals surface area contributed by atoms with Crippen molar-refractivity contribution in [2.24, 2.45) is 5.92 Å². The molecule has 2 rings (SSSR count). The normalized spacial score (nSPS) is 26.7. The summed E-state index contributed by atoms with van der Waals surface area (Å²) in [6.45, 7) is 3.85. The Bertz CT molecular complexity index is 311. The topological polar surface area (TPSA) is 60.9 Å². The van der Waals surface area contributed by atoms with Gasteiger partial charge < -0.3 is 14.9 Å². The first-order chi connectivity index (χ1) is 8.11. The van der Waals surface area contributed by atoms with Crippen LogP contribution in [0.1, 0.15) is 26.2 Å². The highest BCUT2D eigenvalue weighted by atomic mass is 16.3. The maximum Gasteiger partial charge on any atom is 0.223 e. The molecule has 0 bridgehead atoms. The Morgan fingerprint density at radius 2 is 2.06 bits per heavy atom. The highest BCUT2D eigenvalue weighted by Gasteiger charge is 2.35. The van der Waals surface area contributed by atoms with Crippen molar-refractivity contribution >= 4 is 11.8 Å². The van der Waals surface area contributed by atoms with E-state index in [-0.39, 0.29) is 30.4 Å². The lowest BCUT2D eigenvalue weighted by molar-refractivity contribution is -0.133. The van der Waals surface area contributed by atoms with Gasteiger partial charge in [0.15, 0.2) is 0 Å².